The highest BCUT2D eigenvalue weighted by Gasteiger charge is 2.43. The molecular formula is C18H21NO4S. The van der Waals surface area contributed by atoms with Crippen molar-refractivity contribution in [2.75, 3.05) is 19.0 Å². The van der Waals surface area contributed by atoms with Crippen LogP contribution in [0.15, 0.2) is 47.6 Å². The molecule has 1 N–H and O–H groups in total. The van der Waals surface area contributed by atoms with Crippen LogP contribution in [-0.2, 0) is 9.53 Å². The fourth-order valence-electron chi connectivity index (χ4n) is 2.81. The SMILES string of the molecule is O=C(O)C1(CSC2(Oc3ccccc3)C=CN=CC2)CCOCC1. The van der Waals surface area contributed by atoms with E-state index in [1.165, 1.54) is 11.8 Å². The van der Waals surface area contributed by atoms with E-state index in [4.69, 9.17) is 9.47 Å². The van der Waals surface area contributed by atoms with Crippen molar-refractivity contribution in [3.8, 4) is 5.75 Å². The van der Waals surface area contributed by atoms with Crippen LogP contribution < -0.4 is 4.74 Å². The van der Waals surface area contributed by atoms with Crippen molar-refractivity contribution in [1.29, 1.82) is 0 Å². The number of hydrogen-bond acceptors (Lipinski definition) is 5. The van der Waals surface area contributed by atoms with E-state index in [1.807, 2.05) is 42.6 Å². The second kappa shape index (κ2) is 7.40. The number of ether oxygens (including phenoxy) is 2. The largest absolute Gasteiger partial charge is 0.481 e. The van der Waals surface area contributed by atoms with Crippen LogP contribution in [0.5, 0.6) is 5.75 Å². The van der Waals surface area contributed by atoms with Crippen molar-refractivity contribution in [2.24, 2.45) is 10.4 Å². The van der Waals surface area contributed by atoms with Gasteiger partial charge in [0.05, 0.1) is 5.41 Å². The van der Waals surface area contributed by atoms with Gasteiger partial charge in [0.2, 0.25) is 0 Å². The van der Waals surface area contributed by atoms with Crippen molar-refractivity contribution in [3.05, 3.63) is 42.6 Å². The van der Waals surface area contributed by atoms with Gasteiger partial charge in [0.1, 0.15) is 5.75 Å². The highest BCUT2D eigenvalue weighted by atomic mass is 32.2. The minimum Gasteiger partial charge on any atom is -0.481 e. The summed E-state index contributed by atoms with van der Waals surface area (Å²) in [5.41, 5.74) is -0.752. The van der Waals surface area contributed by atoms with E-state index in [0.717, 1.165) is 5.75 Å². The molecule has 1 unspecified atom stereocenters. The molecule has 1 fully saturated rings. The molecule has 2 aliphatic rings. The van der Waals surface area contributed by atoms with Crippen molar-refractivity contribution in [1.82, 2.24) is 0 Å². The molecule has 0 aromatic heterocycles. The highest BCUT2D eigenvalue weighted by molar-refractivity contribution is 8.00. The van der Waals surface area contributed by atoms with Gasteiger partial charge in [0, 0.05) is 37.8 Å². The second-order valence-electron chi connectivity index (χ2n) is 6.06. The zero-order chi connectivity index (χ0) is 16.9. The van der Waals surface area contributed by atoms with Crippen molar-refractivity contribution in [2.45, 2.75) is 24.2 Å². The first-order chi connectivity index (χ1) is 11.6. The Hall–Kier alpha value is -1.79. The zero-order valence-corrected chi connectivity index (χ0v) is 14.2. The Labute approximate surface area is 145 Å². The normalized spacial score (nSPS) is 25.3. The summed E-state index contributed by atoms with van der Waals surface area (Å²) >= 11 is 1.54. The van der Waals surface area contributed by atoms with E-state index in [2.05, 4.69) is 4.99 Å². The third-order valence-corrected chi connectivity index (χ3v) is 6.00. The summed E-state index contributed by atoms with van der Waals surface area (Å²) in [5.74, 6) is 0.499. The van der Waals surface area contributed by atoms with E-state index < -0.39 is 16.3 Å². The minimum atomic E-state index is -0.752. The number of carboxylic acid groups (broad SMARTS) is 1. The standard InChI is InChI=1S/C18H21NO4S/c20-16(21)17(8-12-22-13-9-17)14-24-18(6-10-19-11-7-18)23-15-4-2-1-3-5-15/h1-6,10-11H,7-9,12-14H2,(H,20,21). The number of aliphatic carboxylic acids is 1. The van der Waals surface area contributed by atoms with E-state index in [-0.39, 0.29) is 0 Å². The first-order valence-electron chi connectivity index (χ1n) is 8.03. The molecule has 0 aliphatic carbocycles. The molecular weight excluding hydrogens is 326 g/mol. The van der Waals surface area contributed by atoms with Crippen LogP contribution in [0, 0.1) is 5.41 Å². The van der Waals surface area contributed by atoms with Crippen LogP contribution in [0.1, 0.15) is 19.3 Å². The topological polar surface area (TPSA) is 68.1 Å². The summed E-state index contributed by atoms with van der Waals surface area (Å²) in [6.07, 6.45) is 7.13. The number of rotatable bonds is 6. The Morgan fingerprint density at radius 1 is 1.29 bits per heavy atom. The fourth-order valence-corrected chi connectivity index (χ4v) is 4.25. The average molecular weight is 347 g/mol. The van der Waals surface area contributed by atoms with Crippen molar-refractivity contribution in [3.63, 3.8) is 0 Å². The van der Waals surface area contributed by atoms with Crippen LogP contribution in [0.2, 0.25) is 0 Å². The van der Waals surface area contributed by atoms with Crippen LogP contribution >= 0.6 is 11.8 Å². The monoisotopic (exact) mass is 347 g/mol. The average Bonchev–Trinajstić information content (AvgIpc) is 2.62. The molecule has 0 saturated carbocycles. The molecule has 24 heavy (non-hydrogen) atoms. The Kier molecular flexibility index (Phi) is 5.26. The smallest absolute Gasteiger partial charge is 0.310 e. The summed E-state index contributed by atoms with van der Waals surface area (Å²) in [5, 5.41) is 9.74. The molecule has 0 bridgehead atoms. The summed E-state index contributed by atoms with van der Waals surface area (Å²) < 4.78 is 11.6. The number of benzene rings is 1. The van der Waals surface area contributed by atoms with E-state index in [1.54, 1.807) is 6.20 Å². The Morgan fingerprint density at radius 2 is 2.04 bits per heavy atom. The van der Waals surface area contributed by atoms with Gasteiger partial charge in [-0.3, -0.25) is 9.79 Å². The molecule has 0 amide bonds. The lowest BCUT2D eigenvalue weighted by Crippen LogP contribution is -2.42. The Bertz CT molecular complexity index is 625. The maximum atomic E-state index is 11.9. The number of hydrogen-bond donors (Lipinski definition) is 1. The molecule has 0 spiro atoms. The molecule has 6 heteroatoms. The van der Waals surface area contributed by atoms with Gasteiger partial charge in [0.25, 0.3) is 0 Å². The molecule has 128 valence electrons. The van der Waals surface area contributed by atoms with Crippen LogP contribution in [-0.4, -0.2) is 41.2 Å². The number of para-hydroxylation sites is 1. The summed E-state index contributed by atoms with van der Waals surface area (Å²) in [6, 6.07) is 9.59. The molecule has 3 rings (SSSR count). The summed E-state index contributed by atoms with van der Waals surface area (Å²) in [4.78, 5) is 15.4. The number of aliphatic imine (C=N–C) groups is 1. The number of nitrogens with zero attached hydrogens (tertiary/aromatic N) is 1. The lowest BCUT2D eigenvalue weighted by atomic mass is 9.82. The van der Waals surface area contributed by atoms with Gasteiger partial charge in [-0.05, 0) is 31.1 Å². The lowest BCUT2D eigenvalue weighted by molar-refractivity contribution is -0.152. The molecule has 1 aromatic rings. The van der Waals surface area contributed by atoms with Gasteiger partial charge in [-0.1, -0.05) is 18.2 Å². The van der Waals surface area contributed by atoms with Crippen LogP contribution in [0.3, 0.4) is 0 Å². The second-order valence-corrected chi connectivity index (χ2v) is 7.33. The predicted octanol–water partition coefficient (Wildman–Crippen LogP) is 3.36. The van der Waals surface area contributed by atoms with Gasteiger partial charge < -0.3 is 14.6 Å². The molecule has 0 radical (unpaired) electrons. The van der Waals surface area contributed by atoms with E-state index in [0.29, 0.717) is 38.2 Å². The molecule has 1 atom stereocenters. The van der Waals surface area contributed by atoms with Gasteiger partial charge >= 0.3 is 5.97 Å². The number of carbonyl (C=O) groups is 1. The molecule has 5 nitrogen and oxygen atoms in total. The first-order valence-corrected chi connectivity index (χ1v) is 9.01. The highest BCUT2D eigenvalue weighted by Crippen LogP contribution is 2.42. The predicted molar refractivity (Wildman–Crippen MR) is 94.6 cm³/mol. The van der Waals surface area contributed by atoms with E-state index >= 15 is 0 Å². The molecule has 1 saturated heterocycles. The first kappa shape index (κ1) is 17.0. The molecule has 2 aliphatic heterocycles. The number of carboxylic acids is 1. The Morgan fingerprint density at radius 3 is 2.67 bits per heavy atom. The number of thioether (sulfide) groups is 1. The third kappa shape index (κ3) is 3.82. The quantitative estimate of drug-likeness (QED) is 0.799. The molecule has 2 heterocycles. The van der Waals surface area contributed by atoms with Gasteiger partial charge in [0.15, 0.2) is 4.93 Å². The van der Waals surface area contributed by atoms with Gasteiger partial charge in [-0.25, -0.2) is 0 Å². The summed E-state index contributed by atoms with van der Waals surface area (Å²) in [7, 11) is 0. The van der Waals surface area contributed by atoms with Crippen LogP contribution in [0.25, 0.3) is 0 Å². The zero-order valence-electron chi connectivity index (χ0n) is 13.4. The molecule has 1 aromatic carbocycles. The Balaban J connectivity index is 1.76. The maximum Gasteiger partial charge on any atom is 0.310 e. The van der Waals surface area contributed by atoms with Crippen LogP contribution in [0.4, 0.5) is 0 Å². The lowest BCUT2D eigenvalue weighted by Gasteiger charge is -2.37. The maximum absolute atomic E-state index is 11.9. The minimum absolute atomic E-state index is 0.483. The third-order valence-electron chi connectivity index (χ3n) is 4.43. The fraction of sp³-hybridized carbons (Fsp3) is 0.444. The van der Waals surface area contributed by atoms with E-state index in [9.17, 15) is 9.90 Å². The van der Waals surface area contributed by atoms with Crippen molar-refractivity contribution < 1.29 is 19.4 Å². The van der Waals surface area contributed by atoms with Gasteiger partial charge in [-0.15, -0.1) is 11.8 Å². The van der Waals surface area contributed by atoms with Crippen molar-refractivity contribution >= 4 is 23.9 Å². The van der Waals surface area contributed by atoms with Gasteiger partial charge in [-0.2, -0.15) is 0 Å². The summed E-state index contributed by atoms with van der Waals surface area (Å²) in [6.45, 7) is 0.993.